The highest BCUT2D eigenvalue weighted by Crippen LogP contribution is 2.42. The molecule has 0 spiro atoms. The van der Waals surface area contributed by atoms with E-state index < -0.39 is 57.1 Å². The first-order valence-corrected chi connectivity index (χ1v) is 15.3. The summed E-state index contributed by atoms with van der Waals surface area (Å²) in [6.45, 7) is 1.76. The second-order valence-electron chi connectivity index (χ2n) is 10.00. The number of benzene rings is 2. The Morgan fingerprint density at radius 1 is 1.16 bits per heavy atom. The first kappa shape index (κ1) is 34.0. The van der Waals surface area contributed by atoms with Gasteiger partial charge in [-0.3, -0.25) is 9.10 Å². The number of sulfonamides is 1. The Balaban J connectivity index is 1.83. The first-order chi connectivity index (χ1) is 21.1. The van der Waals surface area contributed by atoms with E-state index in [1.165, 1.54) is 62.6 Å². The maximum absolute atomic E-state index is 14.3. The third-order valence-electron chi connectivity index (χ3n) is 6.78. The summed E-state index contributed by atoms with van der Waals surface area (Å²) in [6, 6.07) is 8.84. The van der Waals surface area contributed by atoms with E-state index in [0.717, 1.165) is 11.2 Å². The lowest BCUT2D eigenvalue weighted by molar-refractivity contribution is -0.141. The number of fused-ring (bicyclic) bond motifs is 1. The second-order valence-corrected chi connectivity index (χ2v) is 12.2. The molecule has 0 saturated carbocycles. The van der Waals surface area contributed by atoms with E-state index in [-0.39, 0.29) is 47.0 Å². The van der Waals surface area contributed by atoms with Crippen LogP contribution in [0, 0.1) is 0 Å². The van der Waals surface area contributed by atoms with E-state index in [9.17, 15) is 35.2 Å². The number of carbonyl (C=O) groups is 1. The van der Waals surface area contributed by atoms with Crippen molar-refractivity contribution in [1.82, 2.24) is 4.98 Å². The van der Waals surface area contributed by atoms with Crippen LogP contribution >= 0.6 is 11.6 Å². The average Bonchev–Trinajstić information content (AvgIpc) is 2.97. The number of hydrogen-bond acceptors (Lipinski definition) is 7. The molecule has 2 heterocycles. The molecule has 242 valence electrons. The predicted octanol–water partition coefficient (Wildman–Crippen LogP) is 7.34. The number of rotatable bonds is 10. The van der Waals surface area contributed by atoms with Gasteiger partial charge in [0.05, 0.1) is 31.5 Å². The molecule has 0 unspecified atom stereocenters. The van der Waals surface area contributed by atoms with Crippen molar-refractivity contribution in [2.75, 3.05) is 24.6 Å². The lowest BCUT2D eigenvalue weighted by Crippen LogP contribution is -2.44. The van der Waals surface area contributed by atoms with E-state index in [2.05, 4.69) is 9.72 Å². The van der Waals surface area contributed by atoms with E-state index in [1.54, 1.807) is 0 Å². The molecule has 2 aromatic carbocycles. The van der Waals surface area contributed by atoms with Gasteiger partial charge in [-0.05, 0) is 43.2 Å². The van der Waals surface area contributed by atoms with Crippen LogP contribution in [0.1, 0.15) is 48.9 Å². The van der Waals surface area contributed by atoms with Gasteiger partial charge in [0, 0.05) is 35.7 Å². The minimum atomic E-state index is -4.90. The molecule has 45 heavy (non-hydrogen) atoms. The van der Waals surface area contributed by atoms with Crippen LogP contribution in [0.15, 0.2) is 53.6 Å². The highest BCUT2D eigenvalue weighted by atomic mass is 35.5. The number of esters is 1. The van der Waals surface area contributed by atoms with Crippen LogP contribution in [0.5, 0.6) is 11.6 Å². The highest BCUT2D eigenvalue weighted by molar-refractivity contribution is 7.93. The third kappa shape index (κ3) is 7.67. The SMILES string of the molecule is CCOc1ncc(C(F)(F)F)cc1S(=O)(=O)N1C[C@H](CCC(=O)OC)Oc2ccc(/C=C/c3c(Cl)cccc3C(C)(F)F)cc21. The molecule has 0 bridgehead atoms. The number of pyridine rings is 1. The lowest BCUT2D eigenvalue weighted by atomic mass is 10.0. The van der Waals surface area contributed by atoms with Gasteiger partial charge >= 0.3 is 12.1 Å². The number of hydrogen-bond donors (Lipinski definition) is 0. The average molecular weight is 675 g/mol. The van der Waals surface area contributed by atoms with Crippen molar-refractivity contribution >= 4 is 45.4 Å². The van der Waals surface area contributed by atoms with E-state index in [1.807, 2.05) is 0 Å². The van der Waals surface area contributed by atoms with Crippen molar-refractivity contribution in [3.8, 4) is 11.6 Å². The molecule has 0 fully saturated rings. The van der Waals surface area contributed by atoms with Gasteiger partial charge < -0.3 is 14.2 Å². The van der Waals surface area contributed by atoms with E-state index in [4.69, 9.17) is 21.1 Å². The van der Waals surface area contributed by atoms with Gasteiger partial charge in [-0.15, -0.1) is 0 Å². The zero-order valence-corrected chi connectivity index (χ0v) is 25.8. The fourth-order valence-electron chi connectivity index (χ4n) is 4.60. The Morgan fingerprint density at radius 3 is 2.53 bits per heavy atom. The molecular weight excluding hydrogens is 647 g/mol. The zero-order valence-electron chi connectivity index (χ0n) is 24.2. The molecule has 0 N–H and O–H groups in total. The fraction of sp³-hybridized carbons (Fsp3) is 0.333. The van der Waals surface area contributed by atoms with Crippen molar-refractivity contribution in [1.29, 1.82) is 0 Å². The number of alkyl halides is 5. The Morgan fingerprint density at radius 2 is 1.89 bits per heavy atom. The molecule has 1 aliphatic rings. The molecule has 1 atom stereocenters. The Labute approximate surface area is 261 Å². The van der Waals surface area contributed by atoms with Crippen LogP contribution in [-0.4, -0.2) is 45.7 Å². The highest BCUT2D eigenvalue weighted by Gasteiger charge is 2.40. The summed E-state index contributed by atoms with van der Waals surface area (Å²) in [6.07, 6.45) is -2.63. The van der Waals surface area contributed by atoms with Crippen LogP contribution in [-0.2, 0) is 31.7 Å². The van der Waals surface area contributed by atoms with Gasteiger partial charge in [0.2, 0.25) is 5.88 Å². The molecule has 3 aromatic rings. The van der Waals surface area contributed by atoms with Crippen molar-refractivity contribution in [2.45, 2.75) is 49.8 Å². The lowest BCUT2D eigenvalue weighted by Gasteiger charge is -2.36. The molecule has 0 saturated heterocycles. The van der Waals surface area contributed by atoms with Gasteiger partial charge in [-0.25, -0.2) is 22.2 Å². The third-order valence-corrected chi connectivity index (χ3v) is 8.88. The maximum Gasteiger partial charge on any atom is 0.417 e. The van der Waals surface area contributed by atoms with Crippen molar-refractivity contribution in [3.63, 3.8) is 0 Å². The van der Waals surface area contributed by atoms with E-state index >= 15 is 0 Å². The van der Waals surface area contributed by atoms with Crippen LogP contribution in [0.4, 0.5) is 27.6 Å². The number of carbonyl (C=O) groups excluding carboxylic acids is 1. The molecule has 0 aliphatic carbocycles. The van der Waals surface area contributed by atoms with Gasteiger partial charge in [0.15, 0.2) is 4.90 Å². The Bertz CT molecular complexity index is 1710. The van der Waals surface area contributed by atoms with Crippen molar-refractivity contribution in [3.05, 3.63) is 75.9 Å². The smallest absolute Gasteiger partial charge is 0.417 e. The molecule has 0 radical (unpaired) electrons. The van der Waals surface area contributed by atoms with Crippen molar-refractivity contribution < 1.29 is 49.4 Å². The quantitative estimate of drug-likeness (QED) is 0.126. The molecule has 1 aliphatic heterocycles. The first-order valence-electron chi connectivity index (χ1n) is 13.5. The largest absolute Gasteiger partial charge is 0.486 e. The summed E-state index contributed by atoms with van der Waals surface area (Å²) >= 11 is 6.21. The second kappa shape index (κ2) is 13.2. The summed E-state index contributed by atoms with van der Waals surface area (Å²) in [7, 11) is -3.61. The summed E-state index contributed by atoms with van der Waals surface area (Å²) in [5.74, 6) is -4.27. The molecular formula is C30H28ClF5N2O6S. The minimum Gasteiger partial charge on any atom is -0.486 e. The number of halogens is 6. The molecule has 1 aromatic heterocycles. The number of anilines is 1. The molecule has 15 heteroatoms. The standard InChI is InChI=1S/C30H28ClF5N2O6S/c1-4-43-28-26(15-19(16-37-28)30(34,35)36)45(40,41)38-17-20(10-13-27(39)42-3)44-25-12-9-18(14-24(25)38)8-11-21-22(29(2,32)33)6-5-7-23(21)31/h5-9,11-12,14-16,20H,4,10,13,17H2,1-3H3/b11-8+/t20-/m0/s1. The van der Waals surface area contributed by atoms with Gasteiger partial charge in [-0.2, -0.15) is 13.2 Å². The van der Waals surface area contributed by atoms with Crippen molar-refractivity contribution in [2.24, 2.45) is 0 Å². The number of methoxy groups -OCH3 is 1. The summed E-state index contributed by atoms with van der Waals surface area (Å²) in [5, 5.41) is 0.0599. The Hall–Kier alpha value is -3.91. The summed E-state index contributed by atoms with van der Waals surface area (Å²) in [5.41, 5.74) is -1.30. The molecule has 0 amide bonds. The maximum atomic E-state index is 14.3. The number of nitrogens with zero attached hydrogens (tertiary/aromatic N) is 2. The molecule has 4 rings (SSSR count). The van der Waals surface area contributed by atoms with E-state index in [0.29, 0.717) is 17.8 Å². The topological polar surface area (TPSA) is 95.0 Å². The van der Waals surface area contributed by atoms with Gasteiger partial charge in [0.25, 0.3) is 15.9 Å². The predicted molar refractivity (Wildman–Crippen MR) is 157 cm³/mol. The van der Waals surface area contributed by atoms with Crippen LogP contribution in [0.2, 0.25) is 5.02 Å². The monoisotopic (exact) mass is 674 g/mol. The van der Waals surface area contributed by atoms with Crippen LogP contribution in [0.25, 0.3) is 12.2 Å². The van der Waals surface area contributed by atoms with Crippen LogP contribution < -0.4 is 13.8 Å². The minimum absolute atomic E-state index is 0.0272. The van der Waals surface area contributed by atoms with Gasteiger partial charge in [0.1, 0.15) is 11.9 Å². The zero-order chi connectivity index (χ0) is 33.2. The summed E-state index contributed by atoms with van der Waals surface area (Å²) in [4.78, 5) is 14.6. The fourth-order valence-corrected chi connectivity index (χ4v) is 6.44. The number of aromatic nitrogens is 1. The normalized spacial score (nSPS) is 15.5. The Kier molecular flexibility index (Phi) is 9.98. The number of ether oxygens (including phenoxy) is 3. The van der Waals surface area contributed by atoms with Crippen LogP contribution in [0.3, 0.4) is 0 Å². The summed E-state index contributed by atoms with van der Waals surface area (Å²) < 4.78 is 114. The van der Waals surface area contributed by atoms with Gasteiger partial charge in [-0.1, -0.05) is 42.0 Å². The molecule has 8 nitrogen and oxygen atoms in total.